The maximum atomic E-state index is 12.6. The fourth-order valence-corrected chi connectivity index (χ4v) is 3.70. The molecule has 0 aliphatic carbocycles. The molecule has 0 aliphatic rings. The van der Waals surface area contributed by atoms with Gasteiger partial charge in [0.25, 0.3) is 0 Å². The van der Waals surface area contributed by atoms with E-state index in [1.165, 1.54) is 4.88 Å². The lowest BCUT2D eigenvalue weighted by atomic mass is 10.1. The van der Waals surface area contributed by atoms with Crippen LogP contribution in [0.25, 0.3) is 0 Å². The van der Waals surface area contributed by atoms with Crippen LogP contribution in [-0.4, -0.2) is 37.1 Å². The van der Waals surface area contributed by atoms with Crippen LogP contribution in [0.1, 0.15) is 40.5 Å². The molecule has 0 bridgehead atoms. The SMILES string of the molecule is COc1ccc(CCC(=O)N(C)C(C)c2nc(C)sc2C)cc1OC. The van der Waals surface area contributed by atoms with Crippen molar-refractivity contribution >= 4 is 17.2 Å². The molecule has 136 valence electrons. The average molecular weight is 362 g/mol. The van der Waals surface area contributed by atoms with Gasteiger partial charge in [-0.1, -0.05) is 6.07 Å². The number of carbonyl (C=O) groups excluding carboxylic acids is 1. The Balaban J connectivity index is 2.01. The zero-order valence-corrected chi connectivity index (χ0v) is 16.6. The summed E-state index contributed by atoms with van der Waals surface area (Å²) in [5.74, 6) is 1.48. The van der Waals surface area contributed by atoms with Gasteiger partial charge in [0.1, 0.15) is 0 Å². The smallest absolute Gasteiger partial charge is 0.223 e. The Bertz CT molecular complexity index is 742. The zero-order chi connectivity index (χ0) is 18.6. The summed E-state index contributed by atoms with van der Waals surface area (Å²) in [7, 11) is 5.07. The molecular weight excluding hydrogens is 336 g/mol. The first-order chi connectivity index (χ1) is 11.9. The molecular formula is C19H26N2O3S. The average Bonchev–Trinajstić information content (AvgIpc) is 2.96. The maximum absolute atomic E-state index is 12.6. The van der Waals surface area contributed by atoms with Crippen LogP contribution in [0.3, 0.4) is 0 Å². The third-order valence-electron chi connectivity index (χ3n) is 4.38. The summed E-state index contributed by atoms with van der Waals surface area (Å²) >= 11 is 1.67. The Morgan fingerprint density at radius 2 is 1.92 bits per heavy atom. The number of hydrogen-bond donors (Lipinski definition) is 0. The van der Waals surface area contributed by atoms with Crippen LogP contribution in [0.15, 0.2) is 18.2 Å². The summed E-state index contributed by atoms with van der Waals surface area (Å²) < 4.78 is 10.6. The Kier molecular flexibility index (Phi) is 6.42. The monoisotopic (exact) mass is 362 g/mol. The standard InChI is InChI=1S/C19H26N2O3S/c1-12(19-13(2)25-14(3)20-19)21(4)18(22)10-8-15-7-9-16(23-5)17(11-15)24-6/h7,9,11-12H,8,10H2,1-6H3. The van der Waals surface area contributed by atoms with Crippen molar-refractivity contribution in [3.05, 3.63) is 39.3 Å². The summed E-state index contributed by atoms with van der Waals surface area (Å²) in [6.45, 7) is 6.07. The second kappa shape index (κ2) is 8.34. The van der Waals surface area contributed by atoms with Gasteiger partial charge in [-0.05, 0) is 44.9 Å². The molecule has 1 heterocycles. The molecule has 0 saturated carbocycles. The highest BCUT2D eigenvalue weighted by Crippen LogP contribution is 2.29. The fraction of sp³-hybridized carbons (Fsp3) is 0.474. The Morgan fingerprint density at radius 1 is 1.24 bits per heavy atom. The normalized spacial score (nSPS) is 11.9. The van der Waals surface area contributed by atoms with E-state index in [0.29, 0.717) is 24.3 Å². The van der Waals surface area contributed by atoms with Crippen molar-refractivity contribution in [1.29, 1.82) is 0 Å². The minimum atomic E-state index is -0.0251. The van der Waals surface area contributed by atoms with Crippen LogP contribution in [0.5, 0.6) is 11.5 Å². The van der Waals surface area contributed by atoms with E-state index in [4.69, 9.17) is 9.47 Å². The second-order valence-electron chi connectivity index (χ2n) is 6.04. The topological polar surface area (TPSA) is 51.7 Å². The lowest BCUT2D eigenvalue weighted by Crippen LogP contribution is -2.30. The number of methoxy groups -OCH3 is 2. The molecule has 25 heavy (non-hydrogen) atoms. The number of amides is 1. The molecule has 0 radical (unpaired) electrons. The van der Waals surface area contributed by atoms with Crippen LogP contribution in [0, 0.1) is 13.8 Å². The molecule has 0 saturated heterocycles. The van der Waals surface area contributed by atoms with E-state index < -0.39 is 0 Å². The van der Waals surface area contributed by atoms with E-state index >= 15 is 0 Å². The van der Waals surface area contributed by atoms with Crippen LogP contribution in [0.4, 0.5) is 0 Å². The van der Waals surface area contributed by atoms with E-state index in [1.807, 2.05) is 39.1 Å². The van der Waals surface area contributed by atoms with E-state index in [2.05, 4.69) is 11.9 Å². The van der Waals surface area contributed by atoms with E-state index in [-0.39, 0.29) is 11.9 Å². The van der Waals surface area contributed by atoms with Gasteiger partial charge < -0.3 is 14.4 Å². The highest BCUT2D eigenvalue weighted by Gasteiger charge is 2.21. The van der Waals surface area contributed by atoms with Crippen molar-refractivity contribution < 1.29 is 14.3 Å². The van der Waals surface area contributed by atoms with Crippen molar-refractivity contribution in [3.8, 4) is 11.5 Å². The fourth-order valence-electron chi connectivity index (χ4n) is 2.80. The first kappa shape index (κ1) is 19.2. The summed E-state index contributed by atoms with van der Waals surface area (Å²) in [5.41, 5.74) is 2.04. The zero-order valence-electron chi connectivity index (χ0n) is 15.8. The molecule has 1 aromatic carbocycles. The molecule has 1 atom stereocenters. The third kappa shape index (κ3) is 4.51. The summed E-state index contributed by atoms with van der Waals surface area (Å²) in [6.07, 6.45) is 1.10. The molecule has 0 spiro atoms. The lowest BCUT2D eigenvalue weighted by Gasteiger charge is -2.24. The first-order valence-electron chi connectivity index (χ1n) is 8.27. The minimum Gasteiger partial charge on any atom is -0.493 e. The number of aromatic nitrogens is 1. The van der Waals surface area contributed by atoms with Gasteiger partial charge in [0.2, 0.25) is 5.91 Å². The second-order valence-corrected chi connectivity index (χ2v) is 7.45. The largest absolute Gasteiger partial charge is 0.493 e. The maximum Gasteiger partial charge on any atom is 0.223 e. The van der Waals surface area contributed by atoms with Gasteiger partial charge in [-0.25, -0.2) is 4.98 Å². The number of nitrogens with zero attached hydrogens (tertiary/aromatic N) is 2. The predicted molar refractivity (Wildman–Crippen MR) is 101 cm³/mol. The number of aryl methyl sites for hydroxylation is 3. The van der Waals surface area contributed by atoms with Gasteiger partial charge >= 0.3 is 0 Å². The number of ether oxygens (including phenoxy) is 2. The first-order valence-corrected chi connectivity index (χ1v) is 9.09. The molecule has 0 N–H and O–H groups in total. The lowest BCUT2D eigenvalue weighted by molar-refractivity contribution is -0.131. The van der Waals surface area contributed by atoms with Crippen molar-refractivity contribution in [2.75, 3.05) is 21.3 Å². The van der Waals surface area contributed by atoms with Gasteiger partial charge in [0, 0.05) is 18.3 Å². The number of thiazole rings is 1. The van der Waals surface area contributed by atoms with Crippen molar-refractivity contribution in [2.45, 2.75) is 39.7 Å². The summed E-state index contributed by atoms with van der Waals surface area (Å²) in [5, 5.41) is 1.03. The highest BCUT2D eigenvalue weighted by atomic mass is 32.1. The van der Waals surface area contributed by atoms with E-state index in [0.717, 1.165) is 16.3 Å². The minimum absolute atomic E-state index is 0.0251. The molecule has 6 heteroatoms. The van der Waals surface area contributed by atoms with Gasteiger partial charge in [-0.15, -0.1) is 11.3 Å². The molecule has 1 unspecified atom stereocenters. The van der Waals surface area contributed by atoms with E-state index in [1.54, 1.807) is 30.5 Å². The quantitative estimate of drug-likeness (QED) is 0.749. The van der Waals surface area contributed by atoms with Crippen LogP contribution < -0.4 is 9.47 Å². The molecule has 0 fully saturated rings. The Hall–Kier alpha value is -2.08. The molecule has 2 rings (SSSR count). The van der Waals surface area contributed by atoms with Crippen molar-refractivity contribution in [1.82, 2.24) is 9.88 Å². The highest BCUT2D eigenvalue weighted by molar-refractivity contribution is 7.11. The molecule has 5 nitrogen and oxygen atoms in total. The van der Waals surface area contributed by atoms with Crippen LogP contribution in [0.2, 0.25) is 0 Å². The number of hydrogen-bond acceptors (Lipinski definition) is 5. The number of benzene rings is 1. The number of carbonyl (C=O) groups is 1. The van der Waals surface area contributed by atoms with Gasteiger partial charge in [0.05, 0.1) is 31.0 Å². The predicted octanol–water partition coefficient (Wildman–Crippen LogP) is 3.93. The van der Waals surface area contributed by atoms with Crippen molar-refractivity contribution in [3.63, 3.8) is 0 Å². The van der Waals surface area contributed by atoms with Crippen molar-refractivity contribution in [2.24, 2.45) is 0 Å². The summed E-state index contributed by atoms with van der Waals surface area (Å²) in [6, 6.07) is 5.73. The Labute approximate surface area is 153 Å². The van der Waals surface area contributed by atoms with Gasteiger partial charge in [-0.2, -0.15) is 0 Å². The van der Waals surface area contributed by atoms with Gasteiger partial charge in [0.15, 0.2) is 11.5 Å². The third-order valence-corrected chi connectivity index (χ3v) is 5.29. The van der Waals surface area contributed by atoms with Crippen LogP contribution >= 0.6 is 11.3 Å². The summed E-state index contributed by atoms with van der Waals surface area (Å²) in [4.78, 5) is 20.1. The van der Waals surface area contributed by atoms with Gasteiger partial charge in [-0.3, -0.25) is 4.79 Å². The molecule has 0 aliphatic heterocycles. The van der Waals surface area contributed by atoms with Crippen LogP contribution in [-0.2, 0) is 11.2 Å². The molecule has 1 aromatic heterocycles. The molecule has 2 aromatic rings. The number of rotatable bonds is 7. The van der Waals surface area contributed by atoms with E-state index in [9.17, 15) is 4.79 Å². The molecule has 1 amide bonds. The Morgan fingerprint density at radius 3 is 2.48 bits per heavy atom.